The number of piperidine rings is 1. The maximum absolute atomic E-state index is 11.8. The van der Waals surface area contributed by atoms with Crippen LogP contribution in [-0.4, -0.2) is 40.3 Å². The van der Waals surface area contributed by atoms with Crippen molar-refractivity contribution >= 4 is 54.8 Å². The molecule has 3 aliphatic heterocycles. The quantitative estimate of drug-likeness (QED) is 0.518. The maximum atomic E-state index is 11.8. The van der Waals surface area contributed by atoms with Crippen LogP contribution >= 0.6 is 43.2 Å². The Morgan fingerprint density at radius 2 is 2.04 bits per heavy atom. The molecule has 1 atom stereocenters. The van der Waals surface area contributed by atoms with Crippen molar-refractivity contribution in [2.24, 2.45) is 5.10 Å². The third kappa shape index (κ3) is 3.00. The lowest BCUT2D eigenvalue weighted by Gasteiger charge is -2.51. The summed E-state index contributed by atoms with van der Waals surface area (Å²) in [6, 6.07) is 10.6. The second kappa shape index (κ2) is 6.85. The molecule has 0 unspecified atom stereocenters. The number of hydrazone groups is 1. The number of halogens is 2. The molecule has 1 saturated heterocycles. The zero-order chi connectivity index (χ0) is 19.5. The third-order valence-electron chi connectivity index (χ3n) is 5.81. The third-order valence-corrected chi connectivity index (χ3v) is 7.97. The minimum atomic E-state index is -0.492. The highest BCUT2D eigenvalue weighted by Crippen LogP contribution is 2.50. The van der Waals surface area contributed by atoms with Gasteiger partial charge < -0.3 is 9.64 Å². The van der Waals surface area contributed by atoms with Crippen molar-refractivity contribution in [1.82, 2.24) is 9.91 Å². The lowest BCUT2D eigenvalue weighted by molar-refractivity contribution is -0.158. The molecule has 1 aromatic heterocycles. The average Bonchev–Trinajstić information content (AvgIpc) is 3.30. The number of benzene rings is 1. The van der Waals surface area contributed by atoms with Crippen LogP contribution in [0.3, 0.4) is 0 Å². The van der Waals surface area contributed by atoms with E-state index < -0.39 is 5.72 Å². The number of hydrogen-bond donors (Lipinski definition) is 0. The summed E-state index contributed by atoms with van der Waals surface area (Å²) >= 11 is 8.88. The van der Waals surface area contributed by atoms with E-state index >= 15 is 0 Å². The standard InChI is InChI=1S/C20H19Br2N3O2S/c1-12(26)24-8-6-20(7-9-24)25-16(14-10-13(21)2-3-17(14)27-20)11-15(23-25)18-4-5-19(22)28-18/h2-5,10,16H,6-9,11H2,1H3/t16-/m1/s1. The molecule has 2 aromatic rings. The Kier molecular flexibility index (Phi) is 4.56. The lowest BCUT2D eigenvalue weighted by atomic mass is 9.91. The molecule has 5 nitrogen and oxygen atoms in total. The number of thiophene rings is 1. The van der Waals surface area contributed by atoms with Crippen LogP contribution in [0.1, 0.15) is 42.7 Å². The van der Waals surface area contributed by atoms with Crippen LogP contribution in [0.2, 0.25) is 0 Å². The van der Waals surface area contributed by atoms with Crippen molar-refractivity contribution in [3.05, 3.63) is 49.0 Å². The van der Waals surface area contributed by atoms with Gasteiger partial charge in [0.1, 0.15) is 5.75 Å². The molecule has 0 bridgehead atoms. The molecule has 0 aliphatic carbocycles. The fourth-order valence-electron chi connectivity index (χ4n) is 4.37. The van der Waals surface area contributed by atoms with Gasteiger partial charge in [0.25, 0.3) is 0 Å². The summed E-state index contributed by atoms with van der Waals surface area (Å²) in [5, 5.41) is 7.25. The first-order valence-corrected chi connectivity index (χ1v) is 11.7. The van der Waals surface area contributed by atoms with Crippen LogP contribution < -0.4 is 4.74 Å². The monoisotopic (exact) mass is 523 g/mol. The zero-order valence-electron chi connectivity index (χ0n) is 15.3. The van der Waals surface area contributed by atoms with Gasteiger partial charge in [-0.15, -0.1) is 11.3 Å². The number of nitrogens with zero attached hydrogens (tertiary/aromatic N) is 3. The maximum Gasteiger partial charge on any atom is 0.219 e. The van der Waals surface area contributed by atoms with Crippen molar-refractivity contribution in [1.29, 1.82) is 0 Å². The van der Waals surface area contributed by atoms with Gasteiger partial charge in [-0.05, 0) is 46.3 Å². The first-order chi connectivity index (χ1) is 13.4. The van der Waals surface area contributed by atoms with Gasteiger partial charge in [-0.25, -0.2) is 5.01 Å². The predicted octanol–water partition coefficient (Wildman–Crippen LogP) is 5.16. The van der Waals surface area contributed by atoms with Gasteiger partial charge in [-0.3, -0.25) is 4.79 Å². The summed E-state index contributed by atoms with van der Waals surface area (Å²) < 4.78 is 8.76. The number of rotatable bonds is 1. The molecule has 1 spiro atoms. The fourth-order valence-corrected chi connectivity index (χ4v) is 6.13. The van der Waals surface area contributed by atoms with E-state index in [1.807, 2.05) is 11.0 Å². The number of amides is 1. The Balaban J connectivity index is 1.55. The molecule has 0 radical (unpaired) electrons. The number of hydrogen-bond acceptors (Lipinski definition) is 5. The Morgan fingerprint density at radius 1 is 1.25 bits per heavy atom. The van der Waals surface area contributed by atoms with Gasteiger partial charge in [0, 0.05) is 49.3 Å². The van der Waals surface area contributed by atoms with Crippen molar-refractivity contribution in [3.8, 4) is 5.75 Å². The molecule has 146 valence electrons. The molecular weight excluding hydrogens is 506 g/mol. The molecule has 28 heavy (non-hydrogen) atoms. The van der Waals surface area contributed by atoms with Crippen molar-refractivity contribution in [3.63, 3.8) is 0 Å². The van der Waals surface area contributed by atoms with E-state index in [1.165, 1.54) is 10.4 Å². The topological polar surface area (TPSA) is 45.1 Å². The van der Waals surface area contributed by atoms with E-state index in [-0.39, 0.29) is 11.9 Å². The van der Waals surface area contributed by atoms with Gasteiger partial charge >= 0.3 is 0 Å². The van der Waals surface area contributed by atoms with E-state index in [1.54, 1.807) is 18.3 Å². The molecule has 5 rings (SSSR count). The number of ether oxygens (including phenoxy) is 1. The average molecular weight is 525 g/mol. The van der Waals surface area contributed by atoms with E-state index in [2.05, 4.69) is 61.1 Å². The molecule has 1 aromatic carbocycles. The molecule has 3 aliphatic rings. The summed E-state index contributed by atoms with van der Waals surface area (Å²) in [5.41, 5.74) is 1.78. The number of fused-ring (bicyclic) bond motifs is 4. The van der Waals surface area contributed by atoms with Crippen LogP contribution in [-0.2, 0) is 4.79 Å². The van der Waals surface area contributed by atoms with Gasteiger partial charge in [0.15, 0.2) is 0 Å². The van der Waals surface area contributed by atoms with Crippen LogP contribution in [0.25, 0.3) is 0 Å². The minimum absolute atomic E-state index is 0.126. The SMILES string of the molecule is CC(=O)N1CCC2(CC1)Oc1ccc(Br)cc1[C@H]1CC(c3ccc(Br)s3)=NN12. The Bertz CT molecular complexity index is 982. The summed E-state index contributed by atoms with van der Waals surface area (Å²) in [5.74, 6) is 1.06. The number of carbonyl (C=O) groups is 1. The molecule has 0 saturated carbocycles. The van der Waals surface area contributed by atoms with Gasteiger partial charge in [-0.1, -0.05) is 15.9 Å². The van der Waals surface area contributed by atoms with Crippen LogP contribution in [0.4, 0.5) is 0 Å². The predicted molar refractivity (Wildman–Crippen MR) is 117 cm³/mol. The number of likely N-dealkylation sites (tertiary alicyclic amines) is 1. The first-order valence-electron chi connectivity index (χ1n) is 9.32. The van der Waals surface area contributed by atoms with Gasteiger partial charge in [0.05, 0.1) is 20.4 Å². The Hall–Kier alpha value is -1.38. The van der Waals surface area contributed by atoms with E-state index in [0.717, 1.165) is 39.0 Å². The van der Waals surface area contributed by atoms with Crippen molar-refractivity contribution in [2.75, 3.05) is 13.1 Å². The number of carbonyl (C=O) groups excluding carboxylic acids is 1. The molecule has 0 N–H and O–H groups in total. The van der Waals surface area contributed by atoms with Crippen LogP contribution in [0, 0.1) is 0 Å². The molecule has 8 heteroatoms. The van der Waals surface area contributed by atoms with Gasteiger partial charge in [0.2, 0.25) is 11.6 Å². The normalized spacial score (nSPS) is 22.5. The highest BCUT2D eigenvalue weighted by molar-refractivity contribution is 9.11. The minimum Gasteiger partial charge on any atom is -0.466 e. The lowest BCUT2D eigenvalue weighted by Crippen LogP contribution is -2.59. The first kappa shape index (κ1) is 18.6. The van der Waals surface area contributed by atoms with Crippen molar-refractivity contribution < 1.29 is 9.53 Å². The summed E-state index contributed by atoms with van der Waals surface area (Å²) in [4.78, 5) is 14.9. The Morgan fingerprint density at radius 3 is 2.71 bits per heavy atom. The molecule has 4 heterocycles. The second-order valence-corrected chi connectivity index (χ2v) is 10.8. The molecular formula is C20H19Br2N3O2S. The van der Waals surface area contributed by atoms with Gasteiger partial charge in [-0.2, -0.15) is 5.10 Å². The summed E-state index contributed by atoms with van der Waals surface area (Å²) in [6.07, 6.45) is 2.37. The largest absolute Gasteiger partial charge is 0.466 e. The summed E-state index contributed by atoms with van der Waals surface area (Å²) in [7, 11) is 0. The highest BCUT2D eigenvalue weighted by atomic mass is 79.9. The van der Waals surface area contributed by atoms with Crippen molar-refractivity contribution in [2.45, 2.75) is 38.0 Å². The van der Waals surface area contributed by atoms with E-state index in [9.17, 15) is 4.79 Å². The zero-order valence-corrected chi connectivity index (χ0v) is 19.3. The Labute approximate surface area is 184 Å². The second-order valence-electron chi connectivity index (χ2n) is 7.45. The molecule has 1 amide bonds. The fraction of sp³-hybridized carbons (Fsp3) is 0.400. The van der Waals surface area contributed by atoms with Crippen LogP contribution in [0.5, 0.6) is 5.75 Å². The highest BCUT2D eigenvalue weighted by Gasteiger charge is 2.52. The van der Waals surface area contributed by atoms with Crippen LogP contribution in [0.15, 0.2) is 43.7 Å². The smallest absolute Gasteiger partial charge is 0.219 e. The summed E-state index contributed by atoms with van der Waals surface area (Å²) in [6.45, 7) is 3.02. The van der Waals surface area contributed by atoms with E-state index in [0.29, 0.717) is 13.1 Å². The molecule has 1 fully saturated rings. The van der Waals surface area contributed by atoms with E-state index in [4.69, 9.17) is 9.84 Å².